The zero-order valence-corrected chi connectivity index (χ0v) is 17.3. The number of carbonyl (C=O) groups is 4. The van der Waals surface area contributed by atoms with Gasteiger partial charge in [-0.1, -0.05) is 33.4 Å². The van der Waals surface area contributed by atoms with Crippen molar-refractivity contribution in [2.24, 2.45) is 17.8 Å². The highest BCUT2D eigenvalue weighted by molar-refractivity contribution is 5.97. The van der Waals surface area contributed by atoms with E-state index in [-0.39, 0.29) is 11.5 Å². The smallest absolute Gasteiger partial charge is 0.334 e. The number of hydrogen-bond donors (Lipinski definition) is 1. The zero-order valence-electron chi connectivity index (χ0n) is 17.3. The molecule has 1 aliphatic carbocycles. The largest absolute Gasteiger partial charge is 0.458 e. The lowest BCUT2D eigenvalue weighted by atomic mass is 9.77. The van der Waals surface area contributed by atoms with Crippen molar-refractivity contribution in [3.63, 3.8) is 0 Å². The minimum Gasteiger partial charge on any atom is -0.458 e. The molecule has 1 saturated heterocycles. The summed E-state index contributed by atoms with van der Waals surface area (Å²) in [7, 11) is 0. The molecule has 1 aliphatic heterocycles. The highest BCUT2D eigenvalue weighted by Gasteiger charge is 2.55. The normalized spacial score (nSPS) is 35.1. The zero-order chi connectivity index (χ0) is 22.1. The molecule has 0 amide bonds. The number of ether oxygens (including phenoxy) is 3. The van der Waals surface area contributed by atoms with Crippen LogP contribution in [0.5, 0.6) is 0 Å². The van der Waals surface area contributed by atoms with E-state index in [4.69, 9.17) is 14.2 Å². The summed E-state index contributed by atoms with van der Waals surface area (Å²) in [4.78, 5) is 49.2. The summed E-state index contributed by atoms with van der Waals surface area (Å²) >= 11 is 0. The lowest BCUT2D eigenvalue weighted by molar-refractivity contribution is -0.197. The average Bonchev–Trinajstić information content (AvgIpc) is 2.88. The lowest BCUT2D eigenvalue weighted by Gasteiger charge is -2.39. The first kappa shape index (κ1) is 22.8. The van der Waals surface area contributed by atoms with Gasteiger partial charge >= 0.3 is 17.9 Å². The Morgan fingerprint density at radius 3 is 2.48 bits per heavy atom. The molecule has 0 saturated carbocycles. The average molecular weight is 408 g/mol. The maximum absolute atomic E-state index is 12.7. The van der Waals surface area contributed by atoms with Gasteiger partial charge in [-0.15, -0.1) is 0 Å². The molecule has 0 radical (unpaired) electrons. The van der Waals surface area contributed by atoms with E-state index < -0.39 is 59.4 Å². The number of esters is 3. The summed E-state index contributed by atoms with van der Waals surface area (Å²) < 4.78 is 16.3. The minimum absolute atomic E-state index is 0.0358. The molecule has 0 aromatic heterocycles. The molecular formula is C21H28O8. The van der Waals surface area contributed by atoms with Gasteiger partial charge in [-0.3, -0.25) is 14.4 Å². The minimum atomic E-state index is -2.21. The van der Waals surface area contributed by atoms with Crippen molar-refractivity contribution >= 4 is 23.7 Å². The van der Waals surface area contributed by atoms with E-state index in [1.165, 1.54) is 13.0 Å². The molecule has 160 valence electrons. The van der Waals surface area contributed by atoms with Gasteiger partial charge in [0.05, 0.1) is 11.8 Å². The summed E-state index contributed by atoms with van der Waals surface area (Å²) in [5.74, 6) is -4.38. The molecule has 0 aromatic carbocycles. The van der Waals surface area contributed by atoms with Crippen molar-refractivity contribution in [2.75, 3.05) is 0 Å². The first-order chi connectivity index (χ1) is 13.4. The summed E-state index contributed by atoms with van der Waals surface area (Å²) in [6.07, 6.45) is -0.490. The van der Waals surface area contributed by atoms with Crippen molar-refractivity contribution in [1.82, 2.24) is 0 Å². The van der Waals surface area contributed by atoms with Gasteiger partial charge in [-0.25, -0.2) is 4.79 Å². The van der Waals surface area contributed by atoms with E-state index in [2.05, 4.69) is 6.58 Å². The van der Waals surface area contributed by atoms with E-state index >= 15 is 0 Å². The van der Waals surface area contributed by atoms with E-state index in [1.54, 1.807) is 19.9 Å². The second-order valence-electron chi connectivity index (χ2n) is 8.16. The second kappa shape index (κ2) is 8.49. The molecule has 0 bridgehead atoms. The molecule has 6 atom stereocenters. The van der Waals surface area contributed by atoms with Crippen molar-refractivity contribution in [3.05, 3.63) is 24.3 Å². The van der Waals surface area contributed by atoms with Crippen molar-refractivity contribution in [2.45, 2.75) is 65.0 Å². The van der Waals surface area contributed by atoms with Crippen LogP contribution in [0.1, 0.15) is 41.0 Å². The number of rotatable bonds is 3. The van der Waals surface area contributed by atoms with E-state index in [9.17, 15) is 24.3 Å². The van der Waals surface area contributed by atoms with Gasteiger partial charge in [0, 0.05) is 12.5 Å². The first-order valence-electron chi connectivity index (χ1n) is 9.58. The first-order valence-corrected chi connectivity index (χ1v) is 9.58. The van der Waals surface area contributed by atoms with Crippen LogP contribution in [0.15, 0.2) is 24.3 Å². The number of hydrogen-bond acceptors (Lipinski definition) is 8. The number of ketones is 1. The molecule has 1 N–H and O–H groups in total. The Morgan fingerprint density at radius 2 is 1.93 bits per heavy atom. The van der Waals surface area contributed by atoms with Gasteiger partial charge in [-0.2, -0.15) is 0 Å². The van der Waals surface area contributed by atoms with Crippen LogP contribution in [0.2, 0.25) is 0 Å². The molecule has 8 nitrogen and oxygen atoms in total. The van der Waals surface area contributed by atoms with E-state index in [0.717, 1.165) is 6.92 Å². The third-order valence-electron chi connectivity index (χ3n) is 5.23. The van der Waals surface area contributed by atoms with Crippen LogP contribution >= 0.6 is 0 Å². The van der Waals surface area contributed by atoms with Crippen molar-refractivity contribution < 1.29 is 38.5 Å². The molecule has 0 spiro atoms. The third kappa shape index (κ3) is 4.75. The van der Waals surface area contributed by atoms with Crippen LogP contribution in [-0.4, -0.2) is 52.7 Å². The third-order valence-corrected chi connectivity index (χ3v) is 5.23. The van der Waals surface area contributed by atoms with Crippen LogP contribution in [0, 0.1) is 17.8 Å². The van der Waals surface area contributed by atoms with E-state index in [0.29, 0.717) is 6.42 Å². The number of aliphatic hydroxyl groups is 1. The molecule has 2 rings (SSSR count). The predicted molar refractivity (Wildman–Crippen MR) is 101 cm³/mol. The van der Waals surface area contributed by atoms with Gasteiger partial charge in [0.15, 0.2) is 23.6 Å². The Hall–Kier alpha value is -2.48. The summed E-state index contributed by atoms with van der Waals surface area (Å²) in [5, 5.41) is 11.0. The Kier molecular flexibility index (Phi) is 6.67. The Bertz CT molecular complexity index is 748. The highest BCUT2D eigenvalue weighted by atomic mass is 16.6. The van der Waals surface area contributed by atoms with Crippen LogP contribution in [0.3, 0.4) is 0 Å². The van der Waals surface area contributed by atoms with Crippen LogP contribution < -0.4 is 0 Å². The maximum atomic E-state index is 12.7. The second-order valence-corrected chi connectivity index (χ2v) is 8.16. The molecule has 0 aromatic rings. The van der Waals surface area contributed by atoms with Crippen LogP contribution in [0.4, 0.5) is 0 Å². The van der Waals surface area contributed by atoms with Gasteiger partial charge in [0.25, 0.3) is 0 Å². The van der Waals surface area contributed by atoms with Crippen LogP contribution in [0.25, 0.3) is 0 Å². The Balaban J connectivity index is 2.66. The van der Waals surface area contributed by atoms with Gasteiger partial charge in [0.1, 0.15) is 6.10 Å². The van der Waals surface area contributed by atoms with Crippen molar-refractivity contribution in [3.8, 4) is 0 Å². The van der Waals surface area contributed by atoms with Gasteiger partial charge in [0.2, 0.25) is 0 Å². The fourth-order valence-corrected chi connectivity index (χ4v) is 3.53. The standard InChI is InChI=1S/C21H28O8/c1-10(2)19(24)29-17-16-12(4)20(25)28-14(16)9-11(3)7-8-15(23)21(6,26)18(17)27-13(5)22/h7-8,10-11,14,16-18,26H,4,9H2,1-3,5-6H3. The van der Waals surface area contributed by atoms with Crippen molar-refractivity contribution in [1.29, 1.82) is 0 Å². The topological polar surface area (TPSA) is 116 Å². The SMILES string of the molecule is C=C1C(=O)OC2CC(C)C=CC(=O)C(C)(O)C(OC(C)=O)C(OC(=O)C(C)C)C12. The number of fused-ring (bicyclic) bond motifs is 1. The summed E-state index contributed by atoms with van der Waals surface area (Å²) in [5.41, 5.74) is -2.17. The Labute approximate surface area is 169 Å². The molecule has 8 heteroatoms. The monoisotopic (exact) mass is 408 g/mol. The molecule has 6 unspecified atom stereocenters. The van der Waals surface area contributed by atoms with Crippen LogP contribution in [-0.2, 0) is 33.4 Å². The fraction of sp³-hybridized carbons (Fsp3) is 0.619. The molecule has 29 heavy (non-hydrogen) atoms. The predicted octanol–water partition coefficient (Wildman–Crippen LogP) is 1.50. The molecule has 1 fully saturated rings. The number of carbonyl (C=O) groups excluding carboxylic acids is 4. The van der Waals surface area contributed by atoms with Gasteiger partial charge < -0.3 is 19.3 Å². The summed E-state index contributed by atoms with van der Waals surface area (Å²) in [6, 6.07) is 0. The summed E-state index contributed by atoms with van der Waals surface area (Å²) in [6.45, 7) is 11.1. The van der Waals surface area contributed by atoms with Gasteiger partial charge in [-0.05, 0) is 25.3 Å². The number of allylic oxidation sites excluding steroid dienone is 1. The molecule has 1 heterocycles. The fourth-order valence-electron chi connectivity index (χ4n) is 3.53. The maximum Gasteiger partial charge on any atom is 0.334 e. The molecule has 2 aliphatic rings. The Morgan fingerprint density at radius 1 is 1.31 bits per heavy atom. The molecular weight excluding hydrogens is 380 g/mol. The lowest BCUT2D eigenvalue weighted by Crippen LogP contribution is -2.58. The highest BCUT2D eigenvalue weighted by Crippen LogP contribution is 2.40. The van der Waals surface area contributed by atoms with E-state index in [1.807, 2.05) is 6.92 Å². The quantitative estimate of drug-likeness (QED) is 0.424.